The monoisotopic (exact) mass is 312 g/mol. The van der Waals surface area contributed by atoms with E-state index in [1.807, 2.05) is 6.07 Å². The van der Waals surface area contributed by atoms with Crippen molar-refractivity contribution < 1.29 is 0 Å². The van der Waals surface area contributed by atoms with Gasteiger partial charge < -0.3 is 0 Å². The third-order valence-corrected chi connectivity index (χ3v) is 5.28. The fourth-order valence-electron chi connectivity index (χ4n) is 3.19. The van der Waals surface area contributed by atoms with Crippen molar-refractivity contribution in [1.82, 2.24) is 9.88 Å². The quantitative estimate of drug-likeness (QED) is 0.775. The van der Waals surface area contributed by atoms with Gasteiger partial charge in [0.25, 0.3) is 0 Å². The summed E-state index contributed by atoms with van der Waals surface area (Å²) in [5, 5.41) is 1.07. The van der Waals surface area contributed by atoms with Gasteiger partial charge in [0.2, 0.25) is 0 Å². The van der Waals surface area contributed by atoms with E-state index in [2.05, 4.69) is 66.3 Å². The molecule has 0 saturated carbocycles. The fraction of sp³-hybridized carbons (Fsp3) is 0.421. The summed E-state index contributed by atoms with van der Waals surface area (Å²) in [6, 6.07) is 16.0. The second-order valence-corrected chi connectivity index (χ2v) is 7.28. The van der Waals surface area contributed by atoms with Crippen LogP contribution in [0.15, 0.2) is 58.6 Å². The Labute approximate surface area is 138 Å². The summed E-state index contributed by atoms with van der Waals surface area (Å²) in [4.78, 5) is 8.53. The fourth-order valence-corrected chi connectivity index (χ4v) is 3.96. The number of piperidine rings is 1. The molecule has 1 aliphatic rings. The molecule has 1 atom stereocenters. The molecule has 1 aromatic carbocycles. The molecule has 2 aromatic rings. The van der Waals surface area contributed by atoms with Gasteiger partial charge in [-0.15, -0.1) is 0 Å². The van der Waals surface area contributed by atoms with E-state index in [1.165, 1.54) is 36.3 Å². The molecule has 3 rings (SSSR count). The molecule has 0 amide bonds. The van der Waals surface area contributed by atoms with Crippen LogP contribution in [0.5, 0.6) is 0 Å². The number of hydrogen-bond donors (Lipinski definition) is 0. The number of rotatable bonds is 4. The first-order valence-corrected chi connectivity index (χ1v) is 9.00. The number of hydrogen-bond acceptors (Lipinski definition) is 3. The summed E-state index contributed by atoms with van der Waals surface area (Å²) in [5.74, 6) is 0. The molecule has 3 heteroatoms. The van der Waals surface area contributed by atoms with Gasteiger partial charge in [-0.25, -0.2) is 4.98 Å². The second-order valence-electron chi connectivity index (χ2n) is 6.19. The Balaban J connectivity index is 1.73. The average molecular weight is 312 g/mol. The van der Waals surface area contributed by atoms with Gasteiger partial charge in [-0.05, 0) is 57.0 Å². The highest BCUT2D eigenvalue weighted by Crippen LogP contribution is 2.33. The number of likely N-dealkylation sites (tertiary alicyclic amines) is 1. The molecule has 0 radical (unpaired) electrons. The Morgan fingerprint density at radius 3 is 2.59 bits per heavy atom. The summed E-state index contributed by atoms with van der Waals surface area (Å²) in [6.07, 6.45) is 5.99. The molecule has 2 heterocycles. The van der Waals surface area contributed by atoms with E-state index in [-0.39, 0.29) is 0 Å². The zero-order valence-corrected chi connectivity index (χ0v) is 14.2. The maximum Gasteiger partial charge on any atom is 0.101 e. The summed E-state index contributed by atoms with van der Waals surface area (Å²) in [6.45, 7) is 5.81. The highest BCUT2D eigenvalue weighted by molar-refractivity contribution is 7.99. The molecule has 1 saturated heterocycles. The maximum atomic E-state index is 4.68. The molecule has 0 spiro atoms. The lowest BCUT2D eigenvalue weighted by atomic mass is 9.95. The Hall–Kier alpha value is -1.32. The van der Waals surface area contributed by atoms with Gasteiger partial charge in [-0.1, -0.05) is 42.4 Å². The lowest BCUT2D eigenvalue weighted by Crippen LogP contribution is -2.38. The lowest BCUT2D eigenvalue weighted by molar-refractivity contribution is 0.112. The van der Waals surface area contributed by atoms with Gasteiger partial charge in [0.05, 0.1) is 0 Å². The minimum absolute atomic E-state index is 0.539. The first kappa shape index (κ1) is 15.6. The highest BCUT2D eigenvalue weighted by Gasteiger charge is 2.25. The van der Waals surface area contributed by atoms with Gasteiger partial charge in [0.1, 0.15) is 5.03 Å². The van der Waals surface area contributed by atoms with E-state index in [4.69, 9.17) is 0 Å². The zero-order chi connectivity index (χ0) is 15.4. The average Bonchev–Trinajstić information content (AvgIpc) is 2.56. The minimum atomic E-state index is 0.539. The molecule has 116 valence electrons. The molecule has 2 nitrogen and oxygen atoms in total. The van der Waals surface area contributed by atoms with Crippen LogP contribution in [0.2, 0.25) is 0 Å². The van der Waals surface area contributed by atoms with Crippen LogP contribution in [-0.4, -0.2) is 22.5 Å². The van der Waals surface area contributed by atoms with E-state index in [0.29, 0.717) is 12.1 Å². The van der Waals surface area contributed by atoms with Gasteiger partial charge in [0, 0.05) is 23.2 Å². The third-order valence-electron chi connectivity index (χ3n) is 4.32. The van der Waals surface area contributed by atoms with Crippen LogP contribution in [0.3, 0.4) is 0 Å². The molecule has 0 unspecified atom stereocenters. The van der Waals surface area contributed by atoms with Crippen molar-refractivity contribution >= 4 is 11.8 Å². The maximum absolute atomic E-state index is 4.68. The van der Waals surface area contributed by atoms with Crippen LogP contribution >= 0.6 is 11.8 Å². The summed E-state index contributed by atoms with van der Waals surface area (Å²) < 4.78 is 0. The Morgan fingerprint density at radius 2 is 1.91 bits per heavy atom. The van der Waals surface area contributed by atoms with Gasteiger partial charge in [-0.3, -0.25) is 4.90 Å². The normalized spacial score (nSPS) is 19.5. The number of benzene rings is 1. The summed E-state index contributed by atoms with van der Waals surface area (Å²) in [5.41, 5.74) is 1.37. The topological polar surface area (TPSA) is 16.1 Å². The van der Waals surface area contributed by atoms with Crippen LogP contribution in [0, 0.1) is 0 Å². The Kier molecular flexibility index (Phi) is 5.16. The SMILES string of the molecule is CC(C)N1CCCC[C@H]1c1ccc(Sc2ccccc2)nc1. The van der Waals surface area contributed by atoms with Crippen molar-refractivity contribution in [2.45, 2.75) is 55.1 Å². The van der Waals surface area contributed by atoms with Crippen molar-refractivity contribution in [1.29, 1.82) is 0 Å². The highest BCUT2D eigenvalue weighted by atomic mass is 32.2. The van der Waals surface area contributed by atoms with Crippen molar-refractivity contribution in [2.75, 3.05) is 6.54 Å². The molecule has 0 N–H and O–H groups in total. The molecule has 0 bridgehead atoms. The number of nitrogens with zero attached hydrogens (tertiary/aromatic N) is 2. The predicted octanol–water partition coefficient (Wildman–Crippen LogP) is 5.17. The Bertz CT molecular complexity index is 580. The van der Waals surface area contributed by atoms with Crippen molar-refractivity contribution in [2.24, 2.45) is 0 Å². The van der Waals surface area contributed by atoms with Crippen LogP contribution in [0.1, 0.15) is 44.7 Å². The van der Waals surface area contributed by atoms with Crippen molar-refractivity contribution in [3.05, 3.63) is 54.2 Å². The van der Waals surface area contributed by atoms with Crippen molar-refractivity contribution in [3.8, 4) is 0 Å². The minimum Gasteiger partial charge on any atom is -0.294 e. The molecule has 0 aliphatic carbocycles. The van der Waals surface area contributed by atoms with E-state index in [9.17, 15) is 0 Å². The molecular weight excluding hydrogens is 288 g/mol. The van der Waals surface area contributed by atoms with E-state index < -0.39 is 0 Å². The van der Waals surface area contributed by atoms with E-state index in [0.717, 1.165) is 5.03 Å². The molecule has 1 fully saturated rings. The van der Waals surface area contributed by atoms with Crippen LogP contribution in [-0.2, 0) is 0 Å². The largest absolute Gasteiger partial charge is 0.294 e. The van der Waals surface area contributed by atoms with Crippen molar-refractivity contribution in [3.63, 3.8) is 0 Å². The first-order valence-electron chi connectivity index (χ1n) is 8.18. The first-order chi connectivity index (χ1) is 10.7. The van der Waals surface area contributed by atoms with Crippen LogP contribution in [0.25, 0.3) is 0 Å². The second kappa shape index (κ2) is 7.30. The molecule has 1 aliphatic heterocycles. The number of pyridine rings is 1. The summed E-state index contributed by atoms with van der Waals surface area (Å²) in [7, 11) is 0. The van der Waals surface area contributed by atoms with Crippen LogP contribution in [0.4, 0.5) is 0 Å². The molecule has 22 heavy (non-hydrogen) atoms. The standard InChI is InChI=1S/C19H24N2S/c1-15(2)21-13-7-6-10-18(21)16-11-12-19(20-14-16)22-17-8-4-3-5-9-17/h3-5,8-9,11-12,14-15,18H,6-7,10,13H2,1-2H3/t18-/m0/s1. The van der Waals surface area contributed by atoms with Gasteiger partial charge in [-0.2, -0.15) is 0 Å². The van der Waals surface area contributed by atoms with Gasteiger partial charge >= 0.3 is 0 Å². The Morgan fingerprint density at radius 1 is 1.09 bits per heavy atom. The molecular formula is C19H24N2S. The smallest absolute Gasteiger partial charge is 0.101 e. The van der Waals surface area contributed by atoms with E-state index >= 15 is 0 Å². The third kappa shape index (κ3) is 3.71. The molecule has 1 aromatic heterocycles. The van der Waals surface area contributed by atoms with Crippen LogP contribution < -0.4 is 0 Å². The van der Waals surface area contributed by atoms with E-state index in [1.54, 1.807) is 11.8 Å². The number of aromatic nitrogens is 1. The zero-order valence-electron chi connectivity index (χ0n) is 13.4. The lowest BCUT2D eigenvalue weighted by Gasteiger charge is -2.38. The summed E-state index contributed by atoms with van der Waals surface area (Å²) >= 11 is 1.73. The van der Waals surface area contributed by atoms with Gasteiger partial charge in [0.15, 0.2) is 0 Å². The predicted molar refractivity (Wildman–Crippen MR) is 93.2 cm³/mol.